The lowest BCUT2D eigenvalue weighted by Crippen LogP contribution is -2.40. The van der Waals surface area contributed by atoms with Crippen LogP contribution in [-0.2, 0) is 11.2 Å². The maximum absolute atomic E-state index is 12.5. The fourth-order valence-electron chi connectivity index (χ4n) is 4.01. The molecule has 1 saturated heterocycles. The molecule has 1 amide bonds. The van der Waals surface area contributed by atoms with Gasteiger partial charge < -0.3 is 9.73 Å². The molecule has 1 fully saturated rings. The number of hydrogen-bond acceptors (Lipinski definition) is 3. The molecule has 0 saturated carbocycles. The third-order valence-corrected chi connectivity index (χ3v) is 5.33. The van der Waals surface area contributed by atoms with Gasteiger partial charge in [-0.1, -0.05) is 37.3 Å². The van der Waals surface area contributed by atoms with Crippen LogP contribution in [0, 0.1) is 0 Å². The molecule has 0 unspecified atom stereocenters. The van der Waals surface area contributed by atoms with Crippen molar-refractivity contribution in [2.45, 2.75) is 32.2 Å². The fourth-order valence-corrected chi connectivity index (χ4v) is 4.01. The standard InChI is InChI=1S/C21H24N2O2/c1-2-23-11-5-7-17(23)13-22-20(24)12-16-14-25-19-10-9-15-6-3-4-8-18(15)21(16)19/h3-4,6,8-10,14,17H,2,5,7,11-13H2,1H3,(H,22,24)/t17-/m0/s1. The maximum Gasteiger partial charge on any atom is 0.224 e. The summed E-state index contributed by atoms with van der Waals surface area (Å²) in [6.07, 6.45) is 4.49. The third kappa shape index (κ3) is 3.14. The molecule has 0 radical (unpaired) electrons. The summed E-state index contributed by atoms with van der Waals surface area (Å²) in [5.74, 6) is 0.0681. The second kappa shape index (κ2) is 6.89. The summed E-state index contributed by atoms with van der Waals surface area (Å²) in [4.78, 5) is 14.9. The number of rotatable bonds is 5. The van der Waals surface area contributed by atoms with Gasteiger partial charge >= 0.3 is 0 Å². The van der Waals surface area contributed by atoms with Gasteiger partial charge in [-0.3, -0.25) is 9.69 Å². The monoisotopic (exact) mass is 336 g/mol. The molecule has 0 spiro atoms. The second-order valence-electron chi connectivity index (χ2n) is 6.83. The summed E-state index contributed by atoms with van der Waals surface area (Å²) >= 11 is 0. The highest BCUT2D eigenvalue weighted by atomic mass is 16.3. The van der Waals surface area contributed by atoms with E-state index in [0.29, 0.717) is 12.5 Å². The van der Waals surface area contributed by atoms with Gasteiger partial charge in [0.1, 0.15) is 5.58 Å². The average molecular weight is 336 g/mol. The number of carbonyl (C=O) groups is 1. The number of amides is 1. The number of hydrogen-bond donors (Lipinski definition) is 1. The second-order valence-corrected chi connectivity index (χ2v) is 6.83. The molecule has 4 rings (SSSR count). The van der Waals surface area contributed by atoms with Crippen LogP contribution in [0.15, 0.2) is 47.1 Å². The molecule has 2 heterocycles. The van der Waals surface area contributed by atoms with E-state index in [2.05, 4.69) is 35.3 Å². The Labute approximate surface area is 147 Å². The van der Waals surface area contributed by atoms with Gasteiger partial charge in [-0.25, -0.2) is 0 Å². The van der Waals surface area contributed by atoms with Gasteiger partial charge in [0.2, 0.25) is 5.91 Å². The molecule has 4 nitrogen and oxygen atoms in total. The van der Waals surface area contributed by atoms with Gasteiger partial charge in [0.15, 0.2) is 0 Å². The molecule has 1 N–H and O–H groups in total. The number of benzene rings is 2. The number of furan rings is 1. The zero-order valence-corrected chi connectivity index (χ0v) is 14.6. The Morgan fingerprint density at radius 3 is 3.04 bits per heavy atom. The summed E-state index contributed by atoms with van der Waals surface area (Å²) in [6, 6.07) is 12.8. The zero-order chi connectivity index (χ0) is 17.2. The Bertz CT molecular complexity index is 899. The normalized spacial score (nSPS) is 18.2. The summed E-state index contributed by atoms with van der Waals surface area (Å²) < 4.78 is 5.68. The van der Waals surface area contributed by atoms with E-state index in [1.807, 2.05) is 18.2 Å². The highest BCUT2D eigenvalue weighted by Gasteiger charge is 2.23. The van der Waals surface area contributed by atoms with E-state index >= 15 is 0 Å². The van der Waals surface area contributed by atoms with Crippen LogP contribution in [0.4, 0.5) is 0 Å². The topological polar surface area (TPSA) is 45.5 Å². The van der Waals surface area contributed by atoms with Crippen molar-refractivity contribution >= 4 is 27.6 Å². The average Bonchev–Trinajstić information content (AvgIpc) is 3.26. The fraction of sp³-hybridized carbons (Fsp3) is 0.381. The molecule has 25 heavy (non-hydrogen) atoms. The largest absolute Gasteiger partial charge is 0.464 e. The van der Waals surface area contributed by atoms with Crippen molar-refractivity contribution in [3.63, 3.8) is 0 Å². The van der Waals surface area contributed by atoms with E-state index in [1.54, 1.807) is 6.26 Å². The molecule has 0 bridgehead atoms. The summed E-state index contributed by atoms with van der Waals surface area (Å²) in [6.45, 7) is 5.13. The molecule has 1 aromatic heterocycles. The first-order chi connectivity index (χ1) is 12.3. The molecular formula is C21H24N2O2. The third-order valence-electron chi connectivity index (χ3n) is 5.33. The minimum absolute atomic E-state index is 0.0681. The summed E-state index contributed by atoms with van der Waals surface area (Å²) in [7, 11) is 0. The van der Waals surface area contributed by atoms with Crippen molar-refractivity contribution in [3.8, 4) is 0 Å². The summed E-state index contributed by atoms with van der Waals surface area (Å²) in [5, 5.41) is 6.49. The Morgan fingerprint density at radius 1 is 1.28 bits per heavy atom. The van der Waals surface area contributed by atoms with Gasteiger partial charge in [0.25, 0.3) is 0 Å². The highest BCUT2D eigenvalue weighted by molar-refractivity contribution is 6.08. The van der Waals surface area contributed by atoms with Gasteiger partial charge in [0, 0.05) is 23.5 Å². The van der Waals surface area contributed by atoms with E-state index in [4.69, 9.17) is 4.42 Å². The number of likely N-dealkylation sites (N-methyl/N-ethyl adjacent to an activating group) is 1. The van der Waals surface area contributed by atoms with Gasteiger partial charge in [-0.2, -0.15) is 0 Å². The number of likely N-dealkylation sites (tertiary alicyclic amines) is 1. The Hall–Kier alpha value is -2.33. The van der Waals surface area contributed by atoms with Crippen LogP contribution in [0.25, 0.3) is 21.7 Å². The van der Waals surface area contributed by atoms with E-state index in [1.165, 1.54) is 18.2 Å². The van der Waals surface area contributed by atoms with Crippen LogP contribution < -0.4 is 5.32 Å². The first-order valence-corrected chi connectivity index (χ1v) is 9.15. The molecule has 4 heteroatoms. The number of carbonyl (C=O) groups excluding carboxylic acids is 1. The maximum atomic E-state index is 12.5. The van der Waals surface area contributed by atoms with Crippen LogP contribution in [0.1, 0.15) is 25.3 Å². The van der Waals surface area contributed by atoms with Crippen molar-refractivity contribution in [3.05, 3.63) is 48.2 Å². The smallest absolute Gasteiger partial charge is 0.224 e. The zero-order valence-electron chi connectivity index (χ0n) is 14.6. The summed E-state index contributed by atoms with van der Waals surface area (Å²) in [5.41, 5.74) is 1.80. The lowest BCUT2D eigenvalue weighted by Gasteiger charge is -2.22. The van der Waals surface area contributed by atoms with Crippen molar-refractivity contribution in [2.24, 2.45) is 0 Å². The van der Waals surface area contributed by atoms with Crippen LogP contribution in [0.2, 0.25) is 0 Å². The Balaban J connectivity index is 1.50. The van der Waals surface area contributed by atoms with Crippen molar-refractivity contribution in [1.29, 1.82) is 0 Å². The first-order valence-electron chi connectivity index (χ1n) is 9.15. The van der Waals surface area contributed by atoms with Crippen LogP contribution >= 0.6 is 0 Å². The van der Waals surface area contributed by atoms with E-state index in [0.717, 1.165) is 41.6 Å². The Kier molecular flexibility index (Phi) is 4.45. The van der Waals surface area contributed by atoms with Gasteiger partial charge in [-0.05, 0) is 42.8 Å². The predicted molar refractivity (Wildman–Crippen MR) is 101 cm³/mol. The van der Waals surface area contributed by atoms with E-state index < -0.39 is 0 Å². The van der Waals surface area contributed by atoms with Crippen LogP contribution in [0.3, 0.4) is 0 Å². The van der Waals surface area contributed by atoms with Crippen LogP contribution in [0.5, 0.6) is 0 Å². The first kappa shape index (κ1) is 16.2. The van der Waals surface area contributed by atoms with Crippen molar-refractivity contribution in [2.75, 3.05) is 19.6 Å². The molecule has 1 aliphatic rings. The number of nitrogens with one attached hydrogen (secondary N) is 1. The van der Waals surface area contributed by atoms with Crippen molar-refractivity contribution in [1.82, 2.24) is 10.2 Å². The molecule has 2 aromatic carbocycles. The van der Waals surface area contributed by atoms with E-state index in [-0.39, 0.29) is 5.91 Å². The van der Waals surface area contributed by atoms with Crippen LogP contribution in [-0.4, -0.2) is 36.5 Å². The van der Waals surface area contributed by atoms with E-state index in [9.17, 15) is 4.79 Å². The minimum Gasteiger partial charge on any atom is -0.464 e. The lowest BCUT2D eigenvalue weighted by molar-refractivity contribution is -0.120. The molecule has 3 aromatic rings. The SMILES string of the molecule is CCN1CCC[C@H]1CNC(=O)Cc1coc2ccc3ccccc3c12. The predicted octanol–water partition coefficient (Wildman–Crippen LogP) is 3.73. The highest BCUT2D eigenvalue weighted by Crippen LogP contribution is 2.30. The molecule has 0 aliphatic carbocycles. The molecule has 1 aliphatic heterocycles. The quantitative estimate of drug-likeness (QED) is 0.772. The number of fused-ring (bicyclic) bond motifs is 3. The van der Waals surface area contributed by atoms with Gasteiger partial charge in [0.05, 0.1) is 12.7 Å². The molecule has 130 valence electrons. The van der Waals surface area contributed by atoms with Crippen molar-refractivity contribution < 1.29 is 9.21 Å². The minimum atomic E-state index is 0.0681. The van der Waals surface area contributed by atoms with Gasteiger partial charge in [-0.15, -0.1) is 0 Å². The molecule has 1 atom stereocenters. The number of nitrogens with zero attached hydrogens (tertiary/aromatic N) is 1. The lowest BCUT2D eigenvalue weighted by atomic mass is 10.0. The Morgan fingerprint density at radius 2 is 2.16 bits per heavy atom. The molecular weight excluding hydrogens is 312 g/mol.